The first-order valence-corrected chi connectivity index (χ1v) is 7.16. The van der Waals surface area contributed by atoms with Crippen LogP contribution in [0, 0.1) is 17.0 Å². The van der Waals surface area contributed by atoms with E-state index < -0.39 is 22.5 Å². The van der Waals surface area contributed by atoms with Crippen LogP contribution in [0.15, 0.2) is 16.6 Å². The molecule has 1 aliphatic rings. The van der Waals surface area contributed by atoms with Crippen LogP contribution in [0.1, 0.15) is 24.8 Å². The summed E-state index contributed by atoms with van der Waals surface area (Å²) in [5.74, 6) is -0.904. The summed E-state index contributed by atoms with van der Waals surface area (Å²) in [7, 11) is 0. The highest BCUT2D eigenvalue weighted by Crippen LogP contribution is 2.38. The van der Waals surface area contributed by atoms with E-state index in [0.29, 0.717) is 16.5 Å². The van der Waals surface area contributed by atoms with Crippen molar-refractivity contribution < 1.29 is 19.6 Å². The molecule has 2 atom stereocenters. The third-order valence-corrected chi connectivity index (χ3v) is 4.09. The molecule has 2 rings (SSSR count). The summed E-state index contributed by atoms with van der Waals surface area (Å²) in [6.45, 7) is 1.70. The molecule has 1 aromatic carbocycles. The van der Waals surface area contributed by atoms with Crippen molar-refractivity contribution >= 4 is 27.6 Å². The van der Waals surface area contributed by atoms with Gasteiger partial charge in [-0.25, -0.2) is 0 Å². The molecule has 114 valence electrons. The van der Waals surface area contributed by atoms with Gasteiger partial charge in [0.1, 0.15) is 11.6 Å². The van der Waals surface area contributed by atoms with Crippen LogP contribution in [0.4, 0.5) is 5.69 Å². The molecule has 1 fully saturated rings. The molecule has 3 N–H and O–H groups in total. The number of rotatable bonds is 4. The Balaban J connectivity index is 2.25. The van der Waals surface area contributed by atoms with Crippen LogP contribution in [-0.2, 0) is 4.79 Å². The number of hydrogen-bond acceptors (Lipinski definition) is 5. The Morgan fingerprint density at radius 1 is 1.62 bits per heavy atom. The molecule has 0 radical (unpaired) electrons. The van der Waals surface area contributed by atoms with Gasteiger partial charge in [-0.05, 0) is 31.4 Å². The van der Waals surface area contributed by atoms with E-state index in [9.17, 15) is 14.9 Å². The second-order valence-corrected chi connectivity index (χ2v) is 6.19. The van der Waals surface area contributed by atoms with Crippen LogP contribution in [-0.4, -0.2) is 27.6 Å². The fourth-order valence-electron chi connectivity index (χ4n) is 2.49. The Morgan fingerprint density at radius 3 is 2.81 bits per heavy atom. The minimum absolute atomic E-state index is 0.134. The van der Waals surface area contributed by atoms with Crippen molar-refractivity contribution in [1.82, 2.24) is 0 Å². The zero-order chi connectivity index (χ0) is 15.8. The second-order valence-electron chi connectivity index (χ2n) is 5.27. The number of carboxylic acid groups (broad SMARTS) is 1. The minimum atomic E-state index is -1.32. The lowest BCUT2D eigenvalue weighted by Gasteiger charge is -2.19. The van der Waals surface area contributed by atoms with E-state index in [1.165, 1.54) is 6.07 Å². The van der Waals surface area contributed by atoms with Gasteiger partial charge in [0.05, 0.1) is 4.92 Å². The number of hydrogen-bond donors (Lipinski definition) is 2. The maximum atomic E-state index is 11.1. The topological polar surface area (TPSA) is 116 Å². The molecule has 0 saturated heterocycles. The highest BCUT2D eigenvalue weighted by molar-refractivity contribution is 9.10. The Kier molecular flexibility index (Phi) is 4.20. The van der Waals surface area contributed by atoms with Gasteiger partial charge in [-0.15, -0.1) is 0 Å². The first kappa shape index (κ1) is 15.7. The van der Waals surface area contributed by atoms with Crippen LogP contribution in [0.5, 0.6) is 5.75 Å². The lowest BCUT2D eigenvalue weighted by Crippen LogP contribution is -2.46. The first-order chi connectivity index (χ1) is 9.73. The number of aryl methyl sites for hydroxylation is 1. The molecule has 1 aromatic rings. The molecule has 0 spiro atoms. The fraction of sp³-hybridized carbons (Fsp3) is 0.462. The summed E-state index contributed by atoms with van der Waals surface area (Å²) < 4.78 is 6.28. The standard InChI is InChI=1S/C13H15BrN2O5/c1-7-4-8(14)5-10(16(19)20)11(7)21-9-2-3-13(15,6-9)12(17)18/h4-5,9H,2-3,6,15H2,1H3,(H,17,18). The molecule has 0 aromatic heterocycles. The number of nitro benzene ring substituents is 1. The van der Waals surface area contributed by atoms with Gasteiger partial charge in [0.2, 0.25) is 0 Å². The molecule has 2 unspecified atom stereocenters. The number of benzene rings is 1. The van der Waals surface area contributed by atoms with E-state index >= 15 is 0 Å². The highest BCUT2D eigenvalue weighted by Gasteiger charge is 2.43. The molecule has 8 heteroatoms. The summed E-state index contributed by atoms with van der Waals surface area (Å²) in [5, 5.41) is 20.2. The molecule has 0 aliphatic heterocycles. The number of carbonyl (C=O) groups is 1. The quantitative estimate of drug-likeness (QED) is 0.630. The third-order valence-electron chi connectivity index (χ3n) is 3.63. The minimum Gasteiger partial charge on any atom is -0.483 e. The monoisotopic (exact) mass is 358 g/mol. The predicted molar refractivity (Wildman–Crippen MR) is 78.4 cm³/mol. The van der Waals surface area contributed by atoms with E-state index in [1.807, 2.05) is 0 Å². The maximum Gasteiger partial charge on any atom is 0.323 e. The summed E-state index contributed by atoms with van der Waals surface area (Å²) in [4.78, 5) is 21.7. The van der Waals surface area contributed by atoms with E-state index in [1.54, 1.807) is 13.0 Å². The van der Waals surface area contributed by atoms with Gasteiger partial charge in [0, 0.05) is 17.0 Å². The summed E-state index contributed by atoms with van der Waals surface area (Å²) >= 11 is 3.21. The van der Waals surface area contributed by atoms with Crippen LogP contribution in [0.25, 0.3) is 0 Å². The largest absolute Gasteiger partial charge is 0.483 e. The third kappa shape index (κ3) is 3.16. The van der Waals surface area contributed by atoms with Crippen molar-refractivity contribution in [1.29, 1.82) is 0 Å². The number of nitrogens with two attached hydrogens (primary N) is 1. The van der Waals surface area contributed by atoms with E-state index in [-0.39, 0.29) is 24.3 Å². The SMILES string of the molecule is Cc1cc(Br)cc([N+](=O)[O-])c1OC1CCC(N)(C(=O)O)C1. The smallest absolute Gasteiger partial charge is 0.323 e. The van der Waals surface area contributed by atoms with E-state index in [4.69, 9.17) is 15.6 Å². The Hall–Kier alpha value is -1.67. The fourth-order valence-corrected chi connectivity index (χ4v) is 3.05. The Bertz CT molecular complexity index is 606. The van der Waals surface area contributed by atoms with E-state index in [0.717, 1.165) is 0 Å². The van der Waals surface area contributed by atoms with Crippen LogP contribution >= 0.6 is 15.9 Å². The zero-order valence-corrected chi connectivity index (χ0v) is 12.9. The molecule has 0 heterocycles. The van der Waals surface area contributed by atoms with E-state index in [2.05, 4.69) is 15.9 Å². The molecule has 7 nitrogen and oxygen atoms in total. The summed E-state index contributed by atoms with van der Waals surface area (Å²) in [6.07, 6.45) is 0.436. The summed E-state index contributed by atoms with van der Waals surface area (Å²) in [6, 6.07) is 3.08. The van der Waals surface area contributed by atoms with Gasteiger partial charge in [0.15, 0.2) is 5.75 Å². The van der Waals surface area contributed by atoms with Gasteiger partial charge < -0.3 is 15.6 Å². The van der Waals surface area contributed by atoms with Gasteiger partial charge >= 0.3 is 11.7 Å². The average Bonchev–Trinajstić information content (AvgIpc) is 2.75. The number of aliphatic carboxylic acids is 1. The Morgan fingerprint density at radius 2 is 2.29 bits per heavy atom. The molecular formula is C13H15BrN2O5. The van der Waals surface area contributed by atoms with Crippen LogP contribution in [0.3, 0.4) is 0 Å². The van der Waals surface area contributed by atoms with Crippen molar-refractivity contribution in [2.24, 2.45) is 5.73 Å². The van der Waals surface area contributed by atoms with Crippen molar-refractivity contribution in [2.45, 2.75) is 37.8 Å². The molecule has 21 heavy (non-hydrogen) atoms. The highest BCUT2D eigenvalue weighted by atomic mass is 79.9. The predicted octanol–water partition coefficient (Wildman–Crippen LogP) is 2.38. The molecule has 1 saturated carbocycles. The Labute approximate surface area is 129 Å². The number of ether oxygens (including phenoxy) is 1. The molecule has 0 bridgehead atoms. The second kappa shape index (κ2) is 5.61. The van der Waals surface area contributed by atoms with Gasteiger partial charge in [0.25, 0.3) is 0 Å². The van der Waals surface area contributed by atoms with Crippen molar-refractivity contribution in [3.63, 3.8) is 0 Å². The van der Waals surface area contributed by atoms with Crippen molar-refractivity contribution in [3.05, 3.63) is 32.3 Å². The maximum absolute atomic E-state index is 11.1. The van der Waals surface area contributed by atoms with Crippen LogP contribution in [0.2, 0.25) is 0 Å². The van der Waals surface area contributed by atoms with Gasteiger partial charge in [-0.3, -0.25) is 14.9 Å². The molecule has 1 aliphatic carbocycles. The van der Waals surface area contributed by atoms with Gasteiger partial charge in [-0.1, -0.05) is 15.9 Å². The average molecular weight is 359 g/mol. The lowest BCUT2D eigenvalue weighted by atomic mass is 10.00. The van der Waals surface area contributed by atoms with Crippen molar-refractivity contribution in [2.75, 3.05) is 0 Å². The number of nitro groups is 1. The number of carboxylic acids is 1. The van der Waals surface area contributed by atoms with Crippen LogP contribution < -0.4 is 10.5 Å². The molecular weight excluding hydrogens is 344 g/mol. The number of halogens is 1. The first-order valence-electron chi connectivity index (χ1n) is 6.36. The van der Waals surface area contributed by atoms with Gasteiger partial charge in [-0.2, -0.15) is 0 Å². The van der Waals surface area contributed by atoms with Crippen molar-refractivity contribution in [3.8, 4) is 5.75 Å². The lowest BCUT2D eigenvalue weighted by molar-refractivity contribution is -0.386. The normalized spacial score (nSPS) is 24.8. The molecule has 0 amide bonds. The summed E-state index contributed by atoms with van der Waals surface area (Å²) in [5.41, 5.74) is 4.93. The number of nitrogens with zero attached hydrogens (tertiary/aromatic N) is 1. The zero-order valence-electron chi connectivity index (χ0n) is 11.3.